The first-order valence-corrected chi connectivity index (χ1v) is 8.29. The van der Waals surface area contributed by atoms with Crippen molar-refractivity contribution >= 4 is 5.91 Å². The van der Waals surface area contributed by atoms with Crippen molar-refractivity contribution in [3.05, 3.63) is 42.1 Å². The van der Waals surface area contributed by atoms with E-state index in [0.29, 0.717) is 11.6 Å². The number of hydrogen-bond donors (Lipinski definition) is 2. The molecule has 1 heterocycles. The molecule has 1 aromatic carbocycles. The van der Waals surface area contributed by atoms with E-state index in [-0.39, 0.29) is 24.8 Å². The van der Waals surface area contributed by atoms with Crippen LogP contribution in [-0.4, -0.2) is 35.3 Å². The standard InChI is InChI=1S/C18H22N2O5/c1-23-13-4-6-14(7-5-13)24-11-16-19-15(10-25-16)17(22)20-18(12-21)8-2-3-9-18/h4-7,10,21H,2-3,8-9,11-12H2,1H3,(H,20,22). The molecule has 1 amide bonds. The van der Waals surface area contributed by atoms with E-state index < -0.39 is 5.54 Å². The molecule has 2 aromatic rings. The van der Waals surface area contributed by atoms with Crippen LogP contribution in [0, 0.1) is 0 Å². The van der Waals surface area contributed by atoms with E-state index in [9.17, 15) is 9.90 Å². The molecule has 7 heteroatoms. The van der Waals surface area contributed by atoms with Gasteiger partial charge in [-0.25, -0.2) is 4.98 Å². The number of ether oxygens (including phenoxy) is 2. The second-order valence-electron chi connectivity index (χ2n) is 6.19. The molecule has 0 saturated heterocycles. The van der Waals surface area contributed by atoms with Gasteiger partial charge in [-0.05, 0) is 37.1 Å². The van der Waals surface area contributed by atoms with Crippen molar-refractivity contribution in [1.82, 2.24) is 10.3 Å². The van der Waals surface area contributed by atoms with E-state index in [2.05, 4.69) is 10.3 Å². The Labute approximate surface area is 146 Å². The number of carbonyl (C=O) groups excluding carboxylic acids is 1. The van der Waals surface area contributed by atoms with E-state index in [1.807, 2.05) is 0 Å². The zero-order valence-electron chi connectivity index (χ0n) is 14.2. The van der Waals surface area contributed by atoms with E-state index in [0.717, 1.165) is 31.4 Å². The van der Waals surface area contributed by atoms with E-state index in [1.54, 1.807) is 31.4 Å². The Morgan fingerprint density at radius 3 is 2.60 bits per heavy atom. The van der Waals surface area contributed by atoms with Crippen LogP contribution in [0.25, 0.3) is 0 Å². The summed E-state index contributed by atoms with van der Waals surface area (Å²) in [4.78, 5) is 16.5. The molecule has 0 atom stereocenters. The van der Waals surface area contributed by atoms with Gasteiger partial charge in [-0.1, -0.05) is 12.8 Å². The number of aromatic nitrogens is 1. The predicted octanol–water partition coefficient (Wildman–Crippen LogP) is 2.30. The number of methoxy groups -OCH3 is 1. The lowest BCUT2D eigenvalue weighted by Gasteiger charge is -2.27. The molecule has 0 bridgehead atoms. The predicted molar refractivity (Wildman–Crippen MR) is 89.6 cm³/mol. The summed E-state index contributed by atoms with van der Waals surface area (Å²) >= 11 is 0. The average Bonchev–Trinajstić information content (AvgIpc) is 3.30. The molecular weight excluding hydrogens is 324 g/mol. The van der Waals surface area contributed by atoms with Crippen molar-refractivity contribution in [2.75, 3.05) is 13.7 Å². The summed E-state index contributed by atoms with van der Waals surface area (Å²) in [6, 6.07) is 7.14. The molecule has 1 fully saturated rings. The molecule has 1 aliphatic carbocycles. The quantitative estimate of drug-likeness (QED) is 0.799. The number of amides is 1. The number of aliphatic hydroxyl groups excluding tert-OH is 1. The average molecular weight is 346 g/mol. The van der Waals surface area contributed by atoms with Crippen LogP contribution >= 0.6 is 0 Å². The molecular formula is C18H22N2O5. The van der Waals surface area contributed by atoms with Crippen LogP contribution in [0.4, 0.5) is 0 Å². The fourth-order valence-electron chi connectivity index (χ4n) is 2.98. The minimum atomic E-state index is -0.532. The summed E-state index contributed by atoms with van der Waals surface area (Å²) in [5, 5.41) is 12.5. The lowest BCUT2D eigenvalue weighted by molar-refractivity contribution is 0.0833. The molecule has 0 radical (unpaired) electrons. The van der Waals surface area contributed by atoms with Crippen molar-refractivity contribution < 1.29 is 23.8 Å². The maximum Gasteiger partial charge on any atom is 0.273 e. The summed E-state index contributed by atoms with van der Waals surface area (Å²) in [7, 11) is 1.60. The number of aliphatic hydroxyl groups is 1. The van der Waals surface area contributed by atoms with Gasteiger partial charge in [0, 0.05) is 0 Å². The Morgan fingerprint density at radius 1 is 1.28 bits per heavy atom. The van der Waals surface area contributed by atoms with E-state index in [4.69, 9.17) is 13.9 Å². The Bertz CT molecular complexity index is 705. The van der Waals surface area contributed by atoms with Crippen LogP contribution in [0.15, 0.2) is 34.9 Å². The first-order valence-electron chi connectivity index (χ1n) is 8.29. The minimum absolute atomic E-state index is 0.0654. The lowest BCUT2D eigenvalue weighted by atomic mass is 9.99. The molecule has 3 rings (SSSR count). The SMILES string of the molecule is COc1ccc(OCc2nc(C(=O)NC3(CO)CCCC3)co2)cc1. The number of oxazole rings is 1. The number of benzene rings is 1. The molecule has 134 valence electrons. The monoisotopic (exact) mass is 346 g/mol. The summed E-state index contributed by atoms with van der Waals surface area (Å²) < 4.78 is 16.0. The Morgan fingerprint density at radius 2 is 1.96 bits per heavy atom. The second-order valence-corrected chi connectivity index (χ2v) is 6.19. The largest absolute Gasteiger partial charge is 0.497 e. The van der Waals surface area contributed by atoms with Crippen molar-refractivity contribution in [3.8, 4) is 11.5 Å². The third kappa shape index (κ3) is 4.11. The molecule has 0 unspecified atom stereocenters. The molecule has 1 saturated carbocycles. The third-order valence-corrected chi connectivity index (χ3v) is 4.45. The number of carbonyl (C=O) groups is 1. The van der Waals surface area contributed by atoms with E-state index in [1.165, 1.54) is 6.26 Å². The highest BCUT2D eigenvalue weighted by atomic mass is 16.5. The molecule has 2 N–H and O–H groups in total. The first-order chi connectivity index (χ1) is 12.1. The Balaban J connectivity index is 1.57. The van der Waals surface area contributed by atoms with Crippen LogP contribution in [0.2, 0.25) is 0 Å². The van der Waals surface area contributed by atoms with Gasteiger partial charge >= 0.3 is 0 Å². The van der Waals surface area contributed by atoms with Gasteiger partial charge < -0.3 is 24.3 Å². The molecule has 1 aliphatic rings. The molecule has 25 heavy (non-hydrogen) atoms. The lowest BCUT2D eigenvalue weighted by Crippen LogP contribution is -2.49. The fraction of sp³-hybridized carbons (Fsp3) is 0.444. The topological polar surface area (TPSA) is 93.8 Å². The van der Waals surface area contributed by atoms with Gasteiger partial charge in [0.05, 0.1) is 19.3 Å². The molecule has 0 spiro atoms. The highest BCUT2D eigenvalue weighted by molar-refractivity contribution is 5.92. The minimum Gasteiger partial charge on any atom is -0.497 e. The van der Waals surface area contributed by atoms with Gasteiger partial charge in [-0.15, -0.1) is 0 Å². The number of nitrogens with zero attached hydrogens (tertiary/aromatic N) is 1. The smallest absolute Gasteiger partial charge is 0.273 e. The number of hydrogen-bond acceptors (Lipinski definition) is 6. The van der Waals surface area contributed by atoms with Crippen molar-refractivity contribution in [2.24, 2.45) is 0 Å². The van der Waals surface area contributed by atoms with Gasteiger partial charge in [0.25, 0.3) is 5.91 Å². The Hall–Kier alpha value is -2.54. The van der Waals surface area contributed by atoms with Crippen LogP contribution < -0.4 is 14.8 Å². The van der Waals surface area contributed by atoms with Gasteiger partial charge in [0.2, 0.25) is 5.89 Å². The summed E-state index contributed by atoms with van der Waals surface area (Å²) in [5.74, 6) is 1.36. The van der Waals surface area contributed by atoms with Crippen molar-refractivity contribution in [2.45, 2.75) is 37.8 Å². The molecule has 7 nitrogen and oxygen atoms in total. The maximum atomic E-state index is 12.3. The van der Waals surface area contributed by atoms with Crippen LogP contribution in [0.5, 0.6) is 11.5 Å². The summed E-state index contributed by atoms with van der Waals surface area (Å²) in [6.45, 7) is 0.0504. The second kappa shape index (κ2) is 7.57. The van der Waals surface area contributed by atoms with Gasteiger partial charge in [0.15, 0.2) is 12.3 Å². The van der Waals surface area contributed by atoms with Crippen LogP contribution in [-0.2, 0) is 6.61 Å². The fourth-order valence-corrected chi connectivity index (χ4v) is 2.98. The molecule has 0 aliphatic heterocycles. The third-order valence-electron chi connectivity index (χ3n) is 4.45. The zero-order chi connectivity index (χ0) is 17.7. The molecule has 1 aromatic heterocycles. The van der Waals surface area contributed by atoms with Gasteiger partial charge in [0.1, 0.15) is 17.8 Å². The van der Waals surface area contributed by atoms with Gasteiger partial charge in [-0.3, -0.25) is 4.79 Å². The zero-order valence-corrected chi connectivity index (χ0v) is 14.2. The Kier molecular flexibility index (Phi) is 5.23. The first kappa shape index (κ1) is 17.3. The van der Waals surface area contributed by atoms with Crippen LogP contribution in [0.3, 0.4) is 0 Å². The summed E-state index contributed by atoms with van der Waals surface area (Å²) in [5.41, 5.74) is -0.344. The number of rotatable bonds is 7. The highest BCUT2D eigenvalue weighted by Gasteiger charge is 2.35. The van der Waals surface area contributed by atoms with Crippen molar-refractivity contribution in [3.63, 3.8) is 0 Å². The van der Waals surface area contributed by atoms with Crippen molar-refractivity contribution in [1.29, 1.82) is 0 Å². The highest BCUT2D eigenvalue weighted by Crippen LogP contribution is 2.29. The van der Waals surface area contributed by atoms with E-state index >= 15 is 0 Å². The number of nitrogens with one attached hydrogen (secondary N) is 1. The van der Waals surface area contributed by atoms with Gasteiger partial charge in [-0.2, -0.15) is 0 Å². The normalized spacial score (nSPS) is 15.8. The maximum absolute atomic E-state index is 12.3. The van der Waals surface area contributed by atoms with Crippen LogP contribution in [0.1, 0.15) is 42.1 Å². The summed E-state index contributed by atoms with van der Waals surface area (Å²) in [6.07, 6.45) is 4.87.